The molecule has 0 saturated heterocycles. The fourth-order valence-electron chi connectivity index (χ4n) is 2.56. The van der Waals surface area contributed by atoms with Gasteiger partial charge in [0.1, 0.15) is 0 Å². The summed E-state index contributed by atoms with van der Waals surface area (Å²) >= 11 is 0. The van der Waals surface area contributed by atoms with E-state index in [2.05, 4.69) is 51.1 Å². The zero-order valence-electron chi connectivity index (χ0n) is 11.1. The third-order valence-electron chi connectivity index (χ3n) is 3.89. The smallest absolute Gasteiger partial charge is 0.00461 e. The van der Waals surface area contributed by atoms with Crippen LogP contribution in [0.3, 0.4) is 0 Å². The second-order valence-corrected chi connectivity index (χ2v) is 4.72. The first-order valence-electron chi connectivity index (χ1n) is 6.76. The Hall–Kier alpha value is -0.780. The molecular weight excluding hydrogens is 192 g/mol. The Labute approximate surface area is 101 Å². The van der Waals surface area contributed by atoms with Gasteiger partial charge in [-0.2, -0.15) is 0 Å². The van der Waals surface area contributed by atoms with Crippen LogP contribution in [0.25, 0.3) is 0 Å². The first kappa shape index (κ1) is 13.3. The van der Waals surface area contributed by atoms with Crippen LogP contribution in [0, 0.1) is 6.07 Å². The Morgan fingerprint density at radius 1 is 1.06 bits per heavy atom. The van der Waals surface area contributed by atoms with Crippen LogP contribution in [-0.4, -0.2) is 0 Å². The fraction of sp³-hybridized carbons (Fsp3) is 0.625. The highest BCUT2D eigenvalue weighted by atomic mass is 14.3. The van der Waals surface area contributed by atoms with Gasteiger partial charge >= 0.3 is 0 Å². The highest BCUT2D eigenvalue weighted by Gasteiger charge is 2.27. The molecule has 1 aromatic carbocycles. The molecule has 0 aliphatic carbocycles. The van der Waals surface area contributed by atoms with Crippen LogP contribution in [0.2, 0.25) is 0 Å². The Morgan fingerprint density at radius 3 is 2.31 bits per heavy atom. The van der Waals surface area contributed by atoms with E-state index in [1.54, 1.807) is 0 Å². The van der Waals surface area contributed by atoms with Gasteiger partial charge in [-0.05, 0) is 36.3 Å². The molecule has 0 amide bonds. The van der Waals surface area contributed by atoms with Crippen LogP contribution in [0.4, 0.5) is 0 Å². The third kappa shape index (κ3) is 3.10. The average molecular weight is 217 g/mol. The Balaban J connectivity index is 2.79. The number of benzene rings is 1. The molecule has 0 aromatic heterocycles. The van der Waals surface area contributed by atoms with Crippen molar-refractivity contribution in [1.82, 2.24) is 0 Å². The van der Waals surface area contributed by atoms with E-state index in [-0.39, 0.29) is 0 Å². The molecule has 0 saturated carbocycles. The summed E-state index contributed by atoms with van der Waals surface area (Å²) in [7, 11) is 0. The maximum Gasteiger partial charge on any atom is -0.00461 e. The molecule has 0 nitrogen and oxygen atoms in total. The zero-order chi connectivity index (χ0) is 11.9. The summed E-state index contributed by atoms with van der Waals surface area (Å²) in [6.45, 7) is 6.90. The topological polar surface area (TPSA) is 0 Å². The van der Waals surface area contributed by atoms with Crippen molar-refractivity contribution in [2.24, 2.45) is 0 Å². The second kappa shape index (κ2) is 6.73. The van der Waals surface area contributed by atoms with Gasteiger partial charge in [0.2, 0.25) is 0 Å². The minimum atomic E-state index is 0.371. The lowest BCUT2D eigenvalue weighted by atomic mass is 9.72. The summed E-state index contributed by atoms with van der Waals surface area (Å²) in [5.74, 6) is 0. The zero-order valence-corrected chi connectivity index (χ0v) is 11.1. The molecule has 0 unspecified atom stereocenters. The number of hydrogen-bond donors (Lipinski definition) is 0. The lowest BCUT2D eigenvalue weighted by Crippen LogP contribution is -2.24. The largest absolute Gasteiger partial charge is 0.0654 e. The fourth-order valence-corrected chi connectivity index (χ4v) is 2.56. The highest BCUT2D eigenvalue weighted by Crippen LogP contribution is 2.36. The van der Waals surface area contributed by atoms with Crippen LogP contribution in [-0.2, 0) is 5.41 Å². The van der Waals surface area contributed by atoms with Crippen LogP contribution in [0.5, 0.6) is 0 Å². The molecule has 89 valence electrons. The average Bonchev–Trinajstić information content (AvgIpc) is 2.36. The van der Waals surface area contributed by atoms with E-state index in [9.17, 15) is 0 Å². The Kier molecular flexibility index (Phi) is 5.59. The summed E-state index contributed by atoms with van der Waals surface area (Å²) in [5.41, 5.74) is 1.78. The summed E-state index contributed by atoms with van der Waals surface area (Å²) in [6, 6.07) is 11.9. The lowest BCUT2D eigenvalue weighted by Gasteiger charge is -2.32. The molecule has 0 bridgehead atoms. The summed E-state index contributed by atoms with van der Waals surface area (Å²) in [5, 5.41) is 0. The van der Waals surface area contributed by atoms with Crippen LogP contribution in [0.1, 0.15) is 64.9 Å². The van der Waals surface area contributed by atoms with Crippen LogP contribution in [0.15, 0.2) is 24.3 Å². The molecule has 0 heterocycles. The summed E-state index contributed by atoms with van der Waals surface area (Å²) in [4.78, 5) is 0. The normalized spacial score (nSPS) is 11.7. The van der Waals surface area contributed by atoms with E-state index < -0.39 is 0 Å². The van der Waals surface area contributed by atoms with Gasteiger partial charge < -0.3 is 0 Å². The predicted molar refractivity (Wildman–Crippen MR) is 71.7 cm³/mol. The van der Waals surface area contributed by atoms with Gasteiger partial charge in [-0.1, -0.05) is 64.3 Å². The molecule has 0 atom stereocenters. The standard InChI is InChI=1S/C16H25/c1-4-7-11-14-16(5-2,6-3)15-12-9-8-10-13-15/h8-10,12H,4-7,11,14H2,1-3H3. The van der Waals surface area contributed by atoms with Gasteiger partial charge in [-0.25, -0.2) is 0 Å². The van der Waals surface area contributed by atoms with Crippen molar-refractivity contribution in [2.45, 2.75) is 64.7 Å². The van der Waals surface area contributed by atoms with Crippen molar-refractivity contribution >= 4 is 0 Å². The highest BCUT2D eigenvalue weighted by molar-refractivity contribution is 5.23. The molecule has 0 N–H and O–H groups in total. The molecule has 0 aliphatic rings. The summed E-state index contributed by atoms with van der Waals surface area (Å²) < 4.78 is 0. The minimum absolute atomic E-state index is 0.371. The molecule has 0 spiro atoms. The first-order valence-corrected chi connectivity index (χ1v) is 6.76. The maximum atomic E-state index is 3.44. The quantitative estimate of drug-likeness (QED) is 0.556. The molecular formula is C16H25. The van der Waals surface area contributed by atoms with Gasteiger partial charge in [0.05, 0.1) is 0 Å². The van der Waals surface area contributed by atoms with E-state index >= 15 is 0 Å². The molecule has 1 aromatic rings. The minimum Gasteiger partial charge on any atom is -0.0654 e. The van der Waals surface area contributed by atoms with E-state index in [0.717, 1.165) is 0 Å². The van der Waals surface area contributed by atoms with Crippen LogP contribution < -0.4 is 0 Å². The Bertz CT molecular complexity index is 269. The van der Waals surface area contributed by atoms with E-state index in [0.29, 0.717) is 5.41 Å². The van der Waals surface area contributed by atoms with Gasteiger partial charge in [0.25, 0.3) is 0 Å². The van der Waals surface area contributed by atoms with E-state index in [1.165, 1.54) is 44.1 Å². The van der Waals surface area contributed by atoms with Crippen molar-refractivity contribution in [3.8, 4) is 0 Å². The maximum absolute atomic E-state index is 3.44. The summed E-state index contributed by atoms with van der Waals surface area (Å²) in [6.07, 6.45) is 7.79. The monoisotopic (exact) mass is 217 g/mol. The molecule has 0 aliphatic heterocycles. The first-order chi connectivity index (χ1) is 7.79. The number of rotatable bonds is 7. The number of unbranched alkanes of at least 4 members (excludes halogenated alkanes) is 2. The van der Waals surface area contributed by atoms with Gasteiger partial charge in [-0.15, -0.1) is 0 Å². The van der Waals surface area contributed by atoms with Crippen molar-refractivity contribution < 1.29 is 0 Å². The van der Waals surface area contributed by atoms with E-state index in [4.69, 9.17) is 0 Å². The molecule has 16 heavy (non-hydrogen) atoms. The molecule has 1 radical (unpaired) electrons. The predicted octanol–water partition coefficient (Wildman–Crippen LogP) is 5.12. The molecule has 0 fully saturated rings. The third-order valence-corrected chi connectivity index (χ3v) is 3.89. The SMILES string of the molecule is CCCCCC(CC)(CC)c1[c]cccc1. The van der Waals surface area contributed by atoms with Crippen molar-refractivity contribution in [3.05, 3.63) is 35.9 Å². The van der Waals surface area contributed by atoms with Crippen molar-refractivity contribution in [1.29, 1.82) is 0 Å². The van der Waals surface area contributed by atoms with Gasteiger partial charge in [-0.3, -0.25) is 0 Å². The molecule has 1 rings (SSSR count). The van der Waals surface area contributed by atoms with Crippen molar-refractivity contribution in [2.75, 3.05) is 0 Å². The lowest BCUT2D eigenvalue weighted by molar-refractivity contribution is 0.350. The van der Waals surface area contributed by atoms with Crippen molar-refractivity contribution in [3.63, 3.8) is 0 Å². The molecule has 0 heteroatoms. The van der Waals surface area contributed by atoms with E-state index in [1.807, 2.05) is 0 Å². The number of hydrogen-bond acceptors (Lipinski definition) is 0. The van der Waals surface area contributed by atoms with Gasteiger partial charge in [0, 0.05) is 0 Å². The van der Waals surface area contributed by atoms with Gasteiger partial charge in [0.15, 0.2) is 0 Å². The van der Waals surface area contributed by atoms with Crippen LogP contribution >= 0.6 is 0 Å². The second-order valence-electron chi connectivity index (χ2n) is 4.72. The Morgan fingerprint density at radius 2 is 1.81 bits per heavy atom.